The summed E-state index contributed by atoms with van der Waals surface area (Å²) in [7, 11) is -3.81. The third kappa shape index (κ3) is 2.87. The van der Waals surface area contributed by atoms with Gasteiger partial charge in [-0.2, -0.15) is 5.10 Å². The Hall–Kier alpha value is -1.38. The Morgan fingerprint density at radius 3 is 2.75 bits per heavy atom. The van der Waals surface area contributed by atoms with Gasteiger partial charge in [0.15, 0.2) is 0 Å². The summed E-state index contributed by atoms with van der Waals surface area (Å²) in [5, 5.41) is 15.5. The third-order valence-electron chi connectivity index (χ3n) is 2.82. The van der Waals surface area contributed by atoms with Gasteiger partial charge in [0, 0.05) is 4.47 Å². The molecule has 0 saturated carbocycles. The van der Waals surface area contributed by atoms with Gasteiger partial charge in [0.1, 0.15) is 10.6 Å². The molecule has 0 aliphatic rings. The zero-order valence-corrected chi connectivity index (χ0v) is 13.3. The van der Waals surface area contributed by atoms with Crippen molar-refractivity contribution in [1.82, 2.24) is 10.2 Å². The minimum absolute atomic E-state index is 0.0145. The van der Waals surface area contributed by atoms with Gasteiger partial charge in [-0.25, -0.2) is 8.42 Å². The van der Waals surface area contributed by atoms with Gasteiger partial charge in [0.25, 0.3) is 10.0 Å². The molecule has 0 unspecified atom stereocenters. The van der Waals surface area contributed by atoms with Crippen molar-refractivity contribution in [2.75, 3.05) is 4.72 Å². The van der Waals surface area contributed by atoms with E-state index in [0.29, 0.717) is 11.4 Å². The molecular formula is C12H14BrN3O3S. The molecule has 0 fully saturated rings. The highest BCUT2D eigenvalue weighted by Gasteiger charge is 2.24. The summed E-state index contributed by atoms with van der Waals surface area (Å²) >= 11 is 3.30. The minimum atomic E-state index is -3.81. The van der Waals surface area contributed by atoms with Gasteiger partial charge in [-0.15, -0.1) is 0 Å². The molecular weight excluding hydrogens is 346 g/mol. The number of benzene rings is 1. The number of aliphatic hydroxyl groups is 1. The standard InChI is InChI=1S/C12H14BrN3O3S/c1-7-3-4-9(13)5-10(7)16-20(18,19)12-8(2)14-15-11(12)6-17/h3-5,16-17H,6H2,1-2H3,(H,14,15). The molecule has 108 valence electrons. The summed E-state index contributed by atoms with van der Waals surface area (Å²) in [6, 6.07) is 5.31. The molecule has 3 N–H and O–H groups in total. The Labute approximate surface area is 125 Å². The first-order valence-electron chi connectivity index (χ1n) is 5.79. The van der Waals surface area contributed by atoms with E-state index in [4.69, 9.17) is 0 Å². The average molecular weight is 360 g/mol. The SMILES string of the molecule is Cc1ccc(Br)cc1NS(=O)(=O)c1c(CO)n[nH]c1C. The number of sulfonamides is 1. The zero-order chi connectivity index (χ0) is 14.9. The summed E-state index contributed by atoms with van der Waals surface area (Å²) < 4.78 is 28.1. The van der Waals surface area contributed by atoms with E-state index in [1.54, 1.807) is 26.0 Å². The van der Waals surface area contributed by atoms with Crippen LogP contribution in [0.25, 0.3) is 0 Å². The number of aliphatic hydroxyl groups excluding tert-OH is 1. The molecule has 1 aromatic heterocycles. The fraction of sp³-hybridized carbons (Fsp3) is 0.250. The molecule has 0 atom stereocenters. The monoisotopic (exact) mass is 359 g/mol. The molecule has 0 aliphatic carbocycles. The van der Waals surface area contributed by atoms with E-state index in [0.717, 1.165) is 10.0 Å². The van der Waals surface area contributed by atoms with Crippen LogP contribution in [0.5, 0.6) is 0 Å². The summed E-state index contributed by atoms with van der Waals surface area (Å²) in [6.07, 6.45) is 0. The van der Waals surface area contributed by atoms with Gasteiger partial charge in [-0.3, -0.25) is 9.82 Å². The lowest BCUT2D eigenvalue weighted by Crippen LogP contribution is -2.16. The number of aryl methyl sites for hydroxylation is 2. The number of aromatic nitrogens is 2. The maximum atomic E-state index is 12.4. The van der Waals surface area contributed by atoms with E-state index in [2.05, 4.69) is 30.8 Å². The second-order valence-corrected chi connectivity index (χ2v) is 6.88. The van der Waals surface area contributed by atoms with Crippen LogP contribution in [0.2, 0.25) is 0 Å². The number of halogens is 1. The minimum Gasteiger partial charge on any atom is -0.390 e. The van der Waals surface area contributed by atoms with Gasteiger partial charge in [-0.05, 0) is 31.5 Å². The van der Waals surface area contributed by atoms with Crippen LogP contribution in [0.1, 0.15) is 17.0 Å². The third-order valence-corrected chi connectivity index (χ3v) is 4.88. The van der Waals surface area contributed by atoms with Gasteiger partial charge >= 0.3 is 0 Å². The predicted molar refractivity (Wildman–Crippen MR) is 78.9 cm³/mol. The van der Waals surface area contributed by atoms with Gasteiger partial charge < -0.3 is 5.11 Å². The van der Waals surface area contributed by atoms with Crippen molar-refractivity contribution in [3.8, 4) is 0 Å². The molecule has 2 rings (SSSR count). The summed E-state index contributed by atoms with van der Waals surface area (Å²) in [6.45, 7) is 2.95. The maximum absolute atomic E-state index is 12.4. The van der Waals surface area contributed by atoms with E-state index in [9.17, 15) is 13.5 Å². The van der Waals surface area contributed by atoms with Crippen molar-refractivity contribution >= 4 is 31.6 Å². The highest BCUT2D eigenvalue weighted by atomic mass is 79.9. The van der Waals surface area contributed by atoms with Gasteiger partial charge in [0.2, 0.25) is 0 Å². The predicted octanol–water partition coefficient (Wildman–Crippen LogP) is 2.08. The number of nitrogens with zero attached hydrogens (tertiary/aromatic N) is 1. The molecule has 20 heavy (non-hydrogen) atoms. The number of hydrogen-bond acceptors (Lipinski definition) is 4. The number of anilines is 1. The Morgan fingerprint density at radius 2 is 2.10 bits per heavy atom. The largest absolute Gasteiger partial charge is 0.390 e. The van der Waals surface area contributed by atoms with Gasteiger partial charge in [0.05, 0.1) is 18.0 Å². The van der Waals surface area contributed by atoms with Crippen molar-refractivity contribution in [2.24, 2.45) is 0 Å². The van der Waals surface area contributed by atoms with Crippen LogP contribution in [0.3, 0.4) is 0 Å². The second-order valence-electron chi connectivity index (χ2n) is 4.35. The molecule has 1 aromatic carbocycles. The first kappa shape index (κ1) is 15.0. The zero-order valence-electron chi connectivity index (χ0n) is 10.9. The molecule has 2 aromatic rings. The Bertz CT molecular complexity index is 740. The van der Waals surface area contributed by atoms with E-state index in [1.165, 1.54) is 0 Å². The molecule has 0 amide bonds. The number of rotatable bonds is 4. The first-order chi connectivity index (χ1) is 9.35. The van der Waals surface area contributed by atoms with Crippen molar-refractivity contribution in [3.05, 3.63) is 39.6 Å². The highest BCUT2D eigenvalue weighted by Crippen LogP contribution is 2.25. The Balaban J connectivity index is 2.46. The quantitative estimate of drug-likeness (QED) is 0.778. The fourth-order valence-corrected chi connectivity index (χ4v) is 3.67. The lowest BCUT2D eigenvalue weighted by Gasteiger charge is -2.11. The highest BCUT2D eigenvalue weighted by molar-refractivity contribution is 9.10. The molecule has 0 bridgehead atoms. The summed E-state index contributed by atoms with van der Waals surface area (Å²) in [5.41, 5.74) is 1.75. The molecule has 0 radical (unpaired) electrons. The lowest BCUT2D eigenvalue weighted by atomic mass is 10.2. The number of H-pyrrole nitrogens is 1. The molecule has 0 saturated heterocycles. The van der Waals surface area contributed by atoms with Crippen LogP contribution in [-0.4, -0.2) is 23.7 Å². The molecule has 0 aliphatic heterocycles. The van der Waals surface area contributed by atoms with Crippen LogP contribution in [0.4, 0.5) is 5.69 Å². The Morgan fingerprint density at radius 1 is 1.40 bits per heavy atom. The fourth-order valence-electron chi connectivity index (χ4n) is 1.83. The van der Waals surface area contributed by atoms with E-state index in [1.807, 2.05) is 6.07 Å². The van der Waals surface area contributed by atoms with Crippen molar-refractivity contribution in [1.29, 1.82) is 0 Å². The van der Waals surface area contributed by atoms with E-state index < -0.39 is 16.6 Å². The number of nitrogens with one attached hydrogen (secondary N) is 2. The smallest absolute Gasteiger partial charge is 0.265 e. The lowest BCUT2D eigenvalue weighted by molar-refractivity contribution is 0.273. The van der Waals surface area contributed by atoms with Crippen LogP contribution >= 0.6 is 15.9 Å². The topological polar surface area (TPSA) is 95.1 Å². The molecule has 0 spiro atoms. The first-order valence-corrected chi connectivity index (χ1v) is 8.06. The van der Waals surface area contributed by atoms with Crippen LogP contribution < -0.4 is 4.72 Å². The summed E-state index contributed by atoms with van der Waals surface area (Å²) in [5.74, 6) is 0. The molecule has 1 heterocycles. The normalized spacial score (nSPS) is 11.6. The van der Waals surface area contributed by atoms with E-state index >= 15 is 0 Å². The van der Waals surface area contributed by atoms with Crippen LogP contribution in [0.15, 0.2) is 27.6 Å². The molecule has 6 nitrogen and oxygen atoms in total. The van der Waals surface area contributed by atoms with E-state index in [-0.39, 0.29) is 10.6 Å². The Kier molecular flexibility index (Phi) is 4.17. The second kappa shape index (κ2) is 5.55. The maximum Gasteiger partial charge on any atom is 0.265 e. The average Bonchev–Trinajstić information content (AvgIpc) is 2.75. The van der Waals surface area contributed by atoms with Crippen LogP contribution in [0, 0.1) is 13.8 Å². The molecule has 8 heteroatoms. The van der Waals surface area contributed by atoms with Crippen molar-refractivity contribution < 1.29 is 13.5 Å². The van der Waals surface area contributed by atoms with Crippen LogP contribution in [-0.2, 0) is 16.6 Å². The van der Waals surface area contributed by atoms with Crippen molar-refractivity contribution in [3.63, 3.8) is 0 Å². The number of aromatic amines is 1. The van der Waals surface area contributed by atoms with Crippen molar-refractivity contribution in [2.45, 2.75) is 25.3 Å². The number of hydrogen-bond donors (Lipinski definition) is 3. The van der Waals surface area contributed by atoms with Gasteiger partial charge in [-0.1, -0.05) is 22.0 Å². The summed E-state index contributed by atoms with van der Waals surface area (Å²) in [4.78, 5) is -0.0145.